The topological polar surface area (TPSA) is 57.2 Å². The van der Waals surface area contributed by atoms with Gasteiger partial charge in [-0.1, -0.05) is 0 Å². The summed E-state index contributed by atoms with van der Waals surface area (Å²) < 4.78 is 4.87. The molecule has 0 aliphatic carbocycles. The third-order valence-corrected chi connectivity index (χ3v) is 2.73. The van der Waals surface area contributed by atoms with Crippen LogP contribution in [0, 0.1) is 17.2 Å². The summed E-state index contributed by atoms with van der Waals surface area (Å²) in [6.07, 6.45) is 4.51. The quantitative estimate of drug-likeness (QED) is 0.699. The molecule has 1 saturated heterocycles. The minimum Gasteiger partial charge on any atom is -0.472 e. The minimum absolute atomic E-state index is 0.000129. The Balaban J connectivity index is 1.97. The summed E-state index contributed by atoms with van der Waals surface area (Å²) >= 11 is 0. The normalized spacial score (nSPS) is 17.4. The Labute approximate surface area is 88.1 Å². The number of nitriles is 1. The molecule has 1 aliphatic heterocycles. The molecule has 0 spiro atoms. The molecule has 0 unspecified atom stereocenters. The van der Waals surface area contributed by atoms with Crippen LogP contribution in [0.1, 0.15) is 23.2 Å². The molecule has 0 saturated carbocycles. The maximum atomic E-state index is 11.8. The lowest BCUT2D eigenvalue weighted by Crippen LogP contribution is -2.38. The first-order valence-electron chi connectivity index (χ1n) is 5.02. The van der Waals surface area contributed by atoms with E-state index in [0.29, 0.717) is 18.7 Å². The van der Waals surface area contributed by atoms with Gasteiger partial charge in [0.25, 0.3) is 5.91 Å². The van der Waals surface area contributed by atoms with Crippen molar-refractivity contribution < 1.29 is 9.21 Å². The van der Waals surface area contributed by atoms with Gasteiger partial charge in [0.2, 0.25) is 0 Å². The van der Waals surface area contributed by atoms with Crippen molar-refractivity contribution in [1.29, 1.82) is 5.26 Å². The number of rotatable bonds is 1. The molecule has 0 atom stereocenters. The molecule has 78 valence electrons. The fourth-order valence-electron chi connectivity index (χ4n) is 1.78. The molecule has 1 aromatic heterocycles. The molecule has 1 amide bonds. The Hall–Kier alpha value is -1.76. The lowest BCUT2D eigenvalue weighted by molar-refractivity contribution is 0.0706. The van der Waals surface area contributed by atoms with Gasteiger partial charge in [0.1, 0.15) is 6.26 Å². The van der Waals surface area contributed by atoms with Gasteiger partial charge in [-0.25, -0.2) is 0 Å². The first kappa shape index (κ1) is 9.78. The van der Waals surface area contributed by atoms with Crippen LogP contribution < -0.4 is 0 Å². The van der Waals surface area contributed by atoms with E-state index in [1.54, 1.807) is 11.0 Å². The molecule has 1 fully saturated rings. The van der Waals surface area contributed by atoms with E-state index in [2.05, 4.69) is 6.07 Å². The molecule has 0 bridgehead atoms. The maximum absolute atomic E-state index is 11.8. The van der Waals surface area contributed by atoms with Crippen LogP contribution >= 0.6 is 0 Å². The van der Waals surface area contributed by atoms with Crippen molar-refractivity contribution in [3.8, 4) is 6.07 Å². The van der Waals surface area contributed by atoms with Crippen LogP contribution in [0.5, 0.6) is 0 Å². The molecule has 1 aliphatic rings. The number of nitrogens with zero attached hydrogens (tertiary/aromatic N) is 2. The summed E-state index contributed by atoms with van der Waals surface area (Å²) in [7, 11) is 0. The van der Waals surface area contributed by atoms with Crippen LogP contribution in [0.3, 0.4) is 0 Å². The predicted molar refractivity (Wildman–Crippen MR) is 52.9 cm³/mol. The Morgan fingerprint density at radius 1 is 1.53 bits per heavy atom. The zero-order chi connectivity index (χ0) is 10.7. The smallest absolute Gasteiger partial charge is 0.257 e. The Morgan fingerprint density at radius 3 is 2.80 bits per heavy atom. The SMILES string of the molecule is N#CC1CCN(C(=O)c2ccoc2)CC1. The molecule has 2 heterocycles. The standard InChI is InChI=1S/C11H12N2O2/c12-7-9-1-4-13(5-2-9)11(14)10-3-6-15-8-10/h3,6,8-9H,1-2,4-5H2. The molecule has 2 rings (SSSR count). The second-order valence-electron chi connectivity index (χ2n) is 3.71. The van der Waals surface area contributed by atoms with Crippen molar-refractivity contribution in [2.75, 3.05) is 13.1 Å². The molecule has 15 heavy (non-hydrogen) atoms. The summed E-state index contributed by atoms with van der Waals surface area (Å²) in [6.45, 7) is 1.34. The van der Waals surface area contributed by atoms with Crippen LogP contribution in [0.4, 0.5) is 0 Å². The zero-order valence-electron chi connectivity index (χ0n) is 8.35. The van der Waals surface area contributed by atoms with Gasteiger partial charge in [0, 0.05) is 19.0 Å². The van der Waals surface area contributed by atoms with E-state index in [1.165, 1.54) is 12.5 Å². The summed E-state index contributed by atoms with van der Waals surface area (Å²) in [5, 5.41) is 8.73. The van der Waals surface area contributed by atoms with Gasteiger partial charge in [0.15, 0.2) is 0 Å². The number of hydrogen-bond acceptors (Lipinski definition) is 3. The van der Waals surface area contributed by atoms with Crippen molar-refractivity contribution >= 4 is 5.91 Å². The monoisotopic (exact) mass is 204 g/mol. The van der Waals surface area contributed by atoms with Crippen LogP contribution in [-0.2, 0) is 0 Å². The van der Waals surface area contributed by atoms with Crippen molar-refractivity contribution in [2.24, 2.45) is 5.92 Å². The van der Waals surface area contributed by atoms with E-state index in [0.717, 1.165) is 12.8 Å². The van der Waals surface area contributed by atoms with Crippen LogP contribution in [0.25, 0.3) is 0 Å². The van der Waals surface area contributed by atoms with E-state index in [9.17, 15) is 4.79 Å². The zero-order valence-corrected chi connectivity index (χ0v) is 8.35. The average molecular weight is 204 g/mol. The van der Waals surface area contributed by atoms with E-state index >= 15 is 0 Å². The van der Waals surface area contributed by atoms with Crippen molar-refractivity contribution in [3.05, 3.63) is 24.2 Å². The number of amides is 1. The number of piperidine rings is 1. The Kier molecular flexibility index (Phi) is 2.72. The van der Waals surface area contributed by atoms with Gasteiger partial charge >= 0.3 is 0 Å². The number of hydrogen-bond donors (Lipinski definition) is 0. The van der Waals surface area contributed by atoms with Crippen LogP contribution in [-0.4, -0.2) is 23.9 Å². The van der Waals surface area contributed by atoms with Crippen molar-refractivity contribution in [2.45, 2.75) is 12.8 Å². The van der Waals surface area contributed by atoms with Gasteiger partial charge in [-0.15, -0.1) is 0 Å². The number of carbonyl (C=O) groups excluding carboxylic acids is 1. The fraction of sp³-hybridized carbons (Fsp3) is 0.455. The van der Waals surface area contributed by atoms with Gasteiger partial charge in [-0.2, -0.15) is 5.26 Å². The van der Waals surface area contributed by atoms with E-state index in [-0.39, 0.29) is 11.8 Å². The highest BCUT2D eigenvalue weighted by molar-refractivity contribution is 5.93. The molecule has 0 radical (unpaired) electrons. The van der Waals surface area contributed by atoms with Gasteiger partial charge in [-0.05, 0) is 18.9 Å². The maximum Gasteiger partial charge on any atom is 0.257 e. The van der Waals surface area contributed by atoms with Crippen LogP contribution in [0.15, 0.2) is 23.0 Å². The molecule has 1 aromatic rings. The molecule has 4 heteroatoms. The molecular weight excluding hydrogens is 192 g/mol. The fourth-order valence-corrected chi connectivity index (χ4v) is 1.78. The van der Waals surface area contributed by atoms with E-state index in [1.807, 2.05) is 0 Å². The second kappa shape index (κ2) is 4.18. The number of likely N-dealkylation sites (tertiary alicyclic amines) is 1. The van der Waals surface area contributed by atoms with E-state index < -0.39 is 0 Å². The minimum atomic E-state index is 0.000129. The Bertz CT molecular complexity index is 370. The lowest BCUT2D eigenvalue weighted by atomic mass is 9.98. The average Bonchev–Trinajstić information content (AvgIpc) is 2.82. The summed E-state index contributed by atoms with van der Waals surface area (Å²) in [6, 6.07) is 3.91. The molecule has 0 N–H and O–H groups in total. The van der Waals surface area contributed by atoms with E-state index in [4.69, 9.17) is 9.68 Å². The third kappa shape index (κ3) is 2.01. The highest BCUT2D eigenvalue weighted by atomic mass is 16.3. The lowest BCUT2D eigenvalue weighted by Gasteiger charge is -2.28. The first-order chi connectivity index (χ1) is 7.31. The molecular formula is C11H12N2O2. The number of carbonyl (C=O) groups is 1. The summed E-state index contributed by atoms with van der Waals surface area (Å²) in [5.41, 5.74) is 0.588. The largest absolute Gasteiger partial charge is 0.472 e. The van der Waals surface area contributed by atoms with Crippen molar-refractivity contribution in [3.63, 3.8) is 0 Å². The molecule has 4 nitrogen and oxygen atoms in total. The van der Waals surface area contributed by atoms with Crippen LogP contribution in [0.2, 0.25) is 0 Å². The second-order valence-corrected chi connectivity index (χ2v) is 3.71. The summed E-state index contributed by atoms with van der Waals surface area (Å²) in [5.74, 6) is 0.110. The Morgan fingerprint density at radius 2 is 2.27 bits per heavy atom. The predicted octanol–water partition coefficient (Wildman–Crippen LogP) is 1.66. The van der Waals surface area contributed by atoms with Gasteiger partial charge in [0.05, 0.1) is 17.9 Å². The highest BCUT2D eigenvalue weighted by Gasteiger charge is 2.23. The first-order valence-corrected chi connectivity index (χ1v) is 5.02. The third-order valence-electron chi connectivity index (χ3n) is 2.73. The van der Waals surface area contributed by atoms with Gasteiger partial charge in [-0.3, -0.25) is 4.79 Å². The number of furan rings is 1. The molecule has 0 aromatic carbocycles. The van der Waals surface area contributed by atoms with Crippen molar-refractivity contribution in [1.82, 2.24) is 4.90 Å². The van der Waals surface area contributed by atoms with Gasteiger partial charge < -0.3 is 9.32 Å². The summed E-state index contributed by atoms with van der Waals surface area (Å²) in [4.78, 5) is 13.6. The highest BCUT2D eigenvalue weighted by Crippen LogP contribution is 2.18.